The van der Waals surface area contributed by atoms with Gasteiger partial charge in [-0.15, -0.1) is 0 Å². The van der Waals surface area contributed by atoms with E-state index < -0.39 is 17.7 Å². The average Bonchev–Trinajstić information content (AvgIpc) is 1.96. The molecule has 6 heteroatoms. The number of carbonyl (C=O) groups is 2. The molecule has 0 aromatic heterocycles. The van der Waals surface area contributed by atoms with Crippen LogP contribution < -0.4 is 5.43 Å². The molecular formula is C7H14N2O4. The van der Waals surface area contributed by atoms with E-state index in [9.17, 15) is 9.59 Å². The van der Waals surface area contributed by atoms with Gasteiger partial charge in [0.2, 0.25) is 0 Å². The number of hydrogen-bond acceptors (Lipinski definition) is 3. The molecule has 0 rings (SSSR count). The van der Waals surface area contributed by atoms with Crippen molar-refractivity contribution in [1.29, 1.82) is 0 Å². The molecule has 6 nitrogen and oxygen atoms in total. The molecule has 0 unspecified atom stereocenters. The molecule has 2 amide bonds. The van der Waals surface area contributed by atoms with E-state index in [1.807, 2.05) is 5.43 Å². The third-order valence-electron chi connectivity index (χ3n) is 1.24. The fraction of sp³-hybridized carbons (Fsp3) is 0.714. The number of nitrogens with zero attached hydrogens (tertiary/aromatic N) is 1. The van der Waals surface area contributed by atoms with E-state index in [0.717, 1.165) is 5.01 Å². The van der Waals surface area contributed by atoms with Crippen LogP contribution in [-0.4, -0.2) is 35.0 Å². The minimum Gasteiger partial charge on any atom is -0.464 e. The normalized spacial score (nSPS) is 10.5. The predicted octanol–water partition coefficient (Wildman–Crippen LogP) is 1.04. The number of amides is 2. The molecule has 0 aromatic rings. The van der Waals surface area contributed by atoms with Crippen molar-refractivity contribution in [1.82, 2.24) is 10.4 Å². The highest BCUT2D eigenvalue weighted by molar-refractivity contribution is 5.73. The van der Waals surface area contributed by atoms with E-state index in [1.54, 1.807) is 20.8 Å². The maximum atomic E-state index is 11.1. The Morgan fingerprint density at radius 1 is 1.38 bits per heavy atom. The van der Waals surface area contributed by atoms with Crippen molar-refractivity contribution in [3.8, 4) is 0 Å². The van der Waals surface area contributed by atoms with E-state index >= 15 is 0 Å². The lowest BCUT2D eigenvalue weighted by Crippen LogP contribution is -2.55. The first kappa shape index (κ1) is 11.5. The largest absolute Gasteiger partial charge is 0.464 e. The Bertz CT molecular complexity index is 209. The van der Waals surface area contributed by atoms with Gasteiger partial charge in [-0.3, -0.25) is 0 Å². The smallest absolute Gasteiger partial charge is 0.428 e. The zero-order valence-corrected chi connectivity index (χ0v) is 8.12. The highest BCUT2D eigenvalue weighted by atomic mass is 16.5. The lowest BCUT2D eigenvalue weighted by molar-refractivity contribution is 0.0503. The van der Waals surface area contributed by atoms with Gasteiger partial charge in [0.25, 0.3) is 0 Å². The van der Waals surface area contributed by atoms with Crippen LogP contribution in [0.25, 0.3) is 0 Å². The first-order chi connectivity index (χ1) is 5.79. The highest BCUT2D eigenvalue weighted by Crippen LogP contribution is 2.11. The van der Waals surface area contributed by atoms with Gasteiger partial charge in [-0.1, -0.05) is 0 Å². The number of carbonyl (C=O) groups excluding carboxylic acids is 1. The molecule has 0 aromatic carbocycles. The number of carboxylic acid groups (broad SMARTS) is 1. The molecule has 13 heavy (non-hydrogen) atoms. The van der Waals surface area contributed by atoms with Crippen LogP contribution in [0, 0.1) is 0 Å². The molecular weight excluding hydrogens is 176 g/mol. The van der Waals surface area contributed by atoms with Gasteiger partial charge < -0.3 is 9.84 Å². The third kappa shape index (κ3) is 3.64. The minimum absolute atomic E-state index is 0.661. The SMILES string of the molecule is COC(=O)N(NC(=O)O)C(C)(C)C. The lowest BCUT2D eigenvalue weighted by Gasteiger charge is -2.32. The van der Waals surface area contributed by atoms with Crippen molar-refractivity contribution >= 4 is 12.2 Å². The van der Waals surface area contributed by atoms with Crippen LogP contribution in [0.2, 0.25) is 0 Å². The summed E-state index contributed by atoms with van der Waals surface area (Å²) >= 11 is 0. The Labute approximate surface area is 76.4 Å². The fourth-order valence-electron chi connectivity index (χ4n) is 0.674. The molecule has 0 radical (unpaired) electrons. The van der Waals surface area contributed by atoms with Crippen molar-refractivity contribution < 1.29 is 19.4 Å². The summed E-state index contributed by atoms with van der Waals surface area (Å²) in [5.74, 6) is 0. The predicted molar refractivity (Wildman–Crippen MR) is 45.2 cm³/mol. The first-order valence-corrected chi connectivity index (χ1v) is 3.67. The molecule has 0 heterocycles. The molecule has 0 aliphatic heterocycles. The van der Waals surface area contributed by atoms with Crippen LogP contribution in [0.4, 0.5) is 9.59 Å². The van der Waals surface area contributed by atoms with Gasteiger partial charge >= 0.3 is 12.2 Å². The van der Waals surface area contributed by atoms with E-state index in [0.29, 0.717) is 0 Å². The van der Waals surface area contributed by atoms with Gasteiger partial charge in [0, 0.05) is 0 Å². The molecule has 0 fully saturated rings. The molecule has 0 aliphatic carbocycles. The van der Waals surface area contributed by atoms with Crippen molar-refractivity contribution in [3.05, 3.63) is 0 Å². The molecule has 0 bridgehead atoms. The van der Waals surface area contributed by atoms with Gasteiger partial charge in [-0.25, -0.2) is 20.0 Å². The van der Waals surface area contributed by atoms with Crippen LogP contribution in [0.15, 0.2) is 0 Å². The van der Waals surface area contributed by atoms with Crippen LogP contribution in [0.3, 0.4) is 0 Å². The van der Waals surface area contributed by atoms with Crippen molar-refractivity contribution in [2.24, 2.45) is 0 Å². The summed E-state index contributed by atoms with van der Waals surface area (Å²) < 4.78 is 4.40. The molecule has 76 valence electrons. The Kier molecular flexibility index (Phi) is 3.53. The van der Waals surface area contributed by atoms with Crippen LogP contribution >= 0.6 is 0 Å². The summed E-state index contributed by atoms with van der Waals surface area (Å²) in [7, 11) is 1.19. The topological polar surface area (TPSA) is 78.9 Å². The molecule has 0 saturated heterocycles. The van der Waals surface area contributed by atoms with Gasteiger partial charge in [0.05, 0.1) is 12.6 Å². The summed E-state index contributed by atoms with van der Waals surface area (Å²) in [6, 6.07) is 0. The van der Waals surface area contributed by atoms with Gasteiger partial charge in [0.1, 0.15) is 0 Å². The van der Waals surface area contributed by atoms with Gasteiger partial charge in [0.15, 0.2) is 0 Å². The van der Waals surface area contributed by atoms with Crippen molar-refractivity contribution in [3.63, 3.8) is 0 Å². The van der Waals surface area contributed by atoms with E-state index in [1.165, 1.54) is 7.11 Å². The number of nitrogens with one attached hydrogen (secondary N) is 1. The number of methoxy groups -OCH3 is 1. The summed E-state index contributed by atoms with van der Waals surface area (Å²) in [6.07, 6.45) is -2.05. The maximum Gasteiger partial charge on any atom is 0.428 e. The Balaban J connectivity index is 4.56. The van der Waals surface area contributed by atoms with Crippen molar-refractivity contribution in [2.75, 3.05) is 7.11 Å². The maximum absolute atomic E-state index is 11.1. The monoisotopic (exact) mass is 190 g/mol. The summed E-state index contributed by atoms with van der Waals surface area (Å²) in [5, 5.41) is 9.33. The standard InChI is InChI=1S/C7H14N2O4/c1-7(2,3)9(6(12)13-4)8-5(10)11/h8H,1-4H3,(H,10,11). The third-order valence-corrected chi connectivity index (χ3v) is 1.24. The molecule has 2 N–H and O–H groups in total. The zero-order valence-electron chi connectivity index (χ0n) is 8.12. The second kappa shape index (κ2) is 3.97. The molecule has 0 spiro atoms. The lowest BCUT2D eigenvalue weighted by atomic mass is 10.1. The summed E-state index contributed by atoms with van der Waals surface area (Å²) in [6.45, 7) is 5.04. The van der Waals surface area contributed by atoms with E-state index in [2.05, 4.69) is 4.74 Å². The minimum atomic E-state index is -1.31. The second-order valence-corrected chi connectivity index (χ2v) is 3.39. The summed E-state index contributed by atoms with van der Waals surface area (Å²) in [4.78, 5) is 21.4. The summed E-state index contributed by atoms with van der Waals surface area (Å²) in [5.41, 5.74) is 1.28. The molecule has 0 aliphatic rings. The van der Waals surface area contributed by atoms with Gasteiger partial charge in [-0.05, 0) is 20.8 Å². The Morgan fingerprint density at radius 3 is 2.08 bits per heavy atom. The van der Waals surface area contributed by atoms with Crippen LogP contribution in [0.1, 0.15) is 20.8 Å². The van der Waals surface area contributed by atoms with Crippen LogP contribution in [-0.2, 0) is 4.74 Å². The Morgan fingerprint density at radius 2 is 1.85 bits per heavy atom. The zero-order chi connectivity index (χ0) is 10.6. The number of hydrazine groups is 1. The van der Waals surface area contributed by atoms with Crippen LogP contribution in [0.5, 0.6) is 0 Å². The second-order valence-electron chi connectivity index (χ2n) is 3.39. The average molecular weight is 190 g/mol. The highest BCUT2D eigenvalue weighted by Gasteiger charge is 2.28. The molecule has 0 atom stereocenters. The molecule has 0 saturated carbocycles. The number of rotatable bonds is 0. The quantitative estimate of drug-likeness (QED) is 0.559. The number of hydrogen-bond donors (Lipinski definition) is 2. The fourth-order valence-corrected chi connectivity index (χ4v) is 0.674. The van der Waals surface area contributed by atoms with E-state index in [4.69, 9.17) is 5.11 Å². The number of ether oxygens (including phenoxy) is 1. The Hall–Kier alpha value is -1.46. The van der Waals surface area contributed by atoms with Crippen molar-refractivity contribution in [2.45, 2.75) is 26.3 Å². The first-order valence-electron chi connectivity index (χ1n) is 3.67. The van der Waals surface area contributed by atoms with E-state index in [-0.39, 0.29) is 0 Å². The van der Waals surface area contributed by atoms with Gasteiger partial charge in [-0.2, -0.15) is 0 Å².